The first-order chi connectivity index (χ1) is 10.8. The van der Waals surface area contributed by atoms with Crippen molar-refractivity contribution in [3.8, 4) is 11.5 Å². The Morgan fingerprint density at radius 1 is 1.17 bits per heavy atom. The fourth-order valence-electron chi connectivity index (χ4n) is 1.98. The van der Waals surface area contributed by atoms with Gasteiger partial charge in [-0.25, -0.2) is 13.2 Å². The zero-order valence-electron chi connectivity index (χ0n) is 12.4. The van der Waals surface area contributed by atoms with Gasteiger partial charge in [-0.1, -0.05) is 12.1 Å². The van der Waals surface area contributed by atoms with Crippen LogP contribution in [0.25, 0.3) is 0 Å². The fraction of sp³-hybridized carbons (Fsp3) is 0.188. The van der Waals surface area contributed by atoms with Gasteiger partial charge in [-0.3, -0.25) is 0 Å². The zero-order chi connectivity index (χ0) is 17.0. The van der Waals surface area contributed by atoms with E-state index in [1.54, 1.807) is 12.1 Å². The van der Waals surface area contributed by atoms with Crippen LogP contribution in [0.3, 0.4) is 0 Å². The molecule has 0 aliphatic heterocycles. The lowest BCUT2D eigenvalue weighted by molar-refractivity contribution is 0.0693. The molecular formula is C16H16O6S. The number of hydrogen-bond acceptors (Lipinski definition) is 5. The van der Waals surface area contributed by atoms with Crippen molar-refractivity contribution in [2.75, 3.05) is 12.4 Å². The molecule has 0 heterocycles. The van der Waals surface area contributed by atoms with Crippen molar-refractivity contribution in [2.24, 2.45) is 0 Å². The summed E-state index contributed by atoms with van der Waals surface area (Å²) in [6.45, 7) is 1.70. The predicted octanol–water partition coefficient (Wildman–Crippen LogP) is 2.25. The summed E-state index contributed by atoms with van der Waals surface area (Å²) in [4.78, 5) is 11.0. The van der Waals surface area contributed by atoms with Gasteiger partial charge in [0.2, 0.25) is 0 Å². The molecule has 23 heavy (non-hydrogen) atoms. The SMILES string of the molecule is Cc1cccc(S(=O)(=O)CCOc2ccc(C(=O)O)c(O)c2)c1. The van der Waals surface area contributed by atoms with Gasteiger partial charge in [-0.2, -0.15) is 0 Å². The van der Waals surface area contributed by atoms with Crippen molar-refractivity contribution >= 4 is 15.8 Å². The fourth-order valence-corrected chi connectivity index (χ4v) is 3.17. The van der Waals surface area contributed by atoms with Crippen LogP contribution in [0.5, 0.6) is 11.5 Å². The van der Waals surface area contributed by atoms with Gasteiger partial charge in [0, 0.05) is 6.07 Å². The first-order valence-electron chi connectivity index (χ1n) is 6.78. The van der Waals surface area contributed by atoms with Crippen LogP contribution in [0.2, 0.25) is 0 Å². The molecule has 0 fully saturated rings. The number of ether oxygens (including phenoxy) is 1. The second-order valence-electron chi connectivity index (χ2n) is 4.97. The summed E-state index contributed by atoms with van der Waals surface area (Å²) < 4.78 is 29.6. The van der Waals surface area contributed by atoms with Gasteiger partial charge in [-0.05, 0) is 36.8 Å². The van der Waals surface area contributed by atoms with Crippen LogP contribution in [0, 0.1) is 6.92 Å². The maximum Gasteiger partial charge on any atom is 0.339 e. The van der Waals surface area contributed by atoms with E-state index in [-0.39, 0.29) is 28.6 Å². The molecule has 2 aromatic carbocycles. The minimum atomic E-state index is -3.47. The number of aromatic hydroxyl groups is 1. The highest BCUT2D eigenvalue weighted by molar-refractivity contribution is 7.91. The van der Waals surface area contributed by atoms with Crippen LogP contribution in [-0.4, -0.2) is 37.0 Å². The number of phenols is 1. The summed E-state index contributed by atoms with van der Waals surface area (Å²) >= 11 is 0. The monoisotopic (exact) mass is 336 g/mol. The number of aryl methyl sites for hydroxylation is 1. The van der Waals surface area contributed by atoms with Crippen molar-refractivity contribution in [1.82, 2.24) is 0 Å². The van der Waals surface area contributed by atoms with Crippen molar-refractivity contribution in [3.05, 3.63) is 53.6 Å². The van der Waals surface area contributed by atoms with Gasteiger partial charge in [0.1, 0.15) is 23.7 Å². The molecule has 0 aliphatic rings. The third-order valence-electron chi connectivity index (χ3n) is 3.17. The summed E-state index contributed by atoms with van der Waals surface area (Å²) in [5.74, 6) is -1.71. The van der Waals surface area contributed by atoms with Gasteiger partial charge in [0.05, 0.1) is 10.6 Å². The van der Waals surface area contributed by atoms with E-state index in [1.807, 2.05) is 13.0 Å². The van der Waals surface area contributed by atoms with Gasteiger partial charge < -0.3 is 14.9 Å². The topological polar surface area (TPSA) is 101 Å². The summed E-state index contributed by atoms with van der Waals surface area (Å²) in [5, 5.41) is 18.4. The molecule has 0 aromatic heterocycles. The lowest BCUT2D eigenvalue weighted by Crippen LogP contribution is -2.14. The molecule has 0 radical (unpaired) electrons. The Labute approximate surface area is 133 Å². The maximum atomic E-state index is 12.2. The first kappa shape index (κ1) is 16.8. The lowest BCUT2D eigenvalue weighted by atomic mass is 10.2. The average Bonchev–Trinajstić information content (AvgIpc) is 2.46. The van der Waals surface area contributed by atoms with E-state index in [0.29, 0.717) is 0 Å². The molecule has 0 amide bonds. The molecule has 122 valence electrons. The zero-order valence-corrected chi connectivity index (χ0v) is 13.2. The molecule has 2 rings (SSSR count). The van der Waals surface area contributed by atoms with Crippen molar-refractivity contribution in [3.63, 3.8) is 0 Å². The second kappa shape index (κ2) is 6.70. The van der Waals surface area contributed by atoms with E-state index in [1.165, 1.54) is 18.2 Å². The summed E-state index contributed by atoms with van der Waals surface area (Å²) in [6.07, 6.45) is 0. The van der Waals surface area contributed by atoms with E-state index < -0.39 is 21.6 Å². The number of carboxylic acid groups (broad SMARTS) is 1. The smallest absolute Gasteiger partial charge is 0.339 e. The van der Waals surface area contributed by atoms with E-state index in [2.05, 4.69) is 0 Å². The van der Waals surface area contributed by atoms with Gasteiger partial charge in [-0.15, -0.1) is 0 Å². The molecule has 6 nitrogen and oxygen atoms in total. The normalized spacial score (nSPS) is 11.2. The first-order valence-corrected chi connectivity index (χ1v) is 8.43. The quantitative estimate of drug-likeness (QED) is 0.839. The Kier molecular flexibility index (Phi) is 4.90. The number of aromatic carboxylic acids is 1. The highest BCUT2D eigenvalue weighted by Crippen LogP contribution is 2.23. The Morgan fingerprint density at radius 3 is 2.52 bits per heavy atom. The third-order valence-corrected chi connectivity index (χ3v) is 4.85. The van der Waals surface area contributed by atoms with Crippen LogP contribution in [-0.2, 0) is 9.84 Å². The molecule has 0 spiro atoms. The Balaban J connectivity index is 2.02. The highest BCUT2D eigenvalue weighted by atomic mass is 32.2. The van der Waals surface area contributed by atoms with E-state index in [4.69, 9.17) is 9.84 Å². The number of sulfone groups is 1. The molecule has 0 atom stereocenters. The van der Waals surface area contributed by atoms with Gasteiger partial charge in [0.15, 0.2) is 9.84 Å². The summed E-state index contributed by atoms with van der Waals surface area (Å²) in [6, 6.07) is 10.3. The summed E-state index contributed by atoms with van der Waals surface area (Å²) in [7, 11) is -3.47. The maximum absolute atomic E-state index is 12.2. The van der Waals surface area contributed by atoms with E-state index >= 15 is 0 Å². The molecule has 0 saturated carbocycles. The predicted molar refractivity (Wildman–Crippen MR) is 83.8 cm³/mol. The third kappa shape index (κ3) is 4.23. The number of hydrogen-bond donors (Lipinski definition) is 2. The van der Waals surface area contributed by atoms with Crippen LogP contribution in [0.1, 0.15) is 15.9 Å². The highest BCUT2D eigenvalue weighted by Gasteiger charge is 2.15. The minimum Gasteiger partial charge on any atom is -0.507 e. The summed E-state index contributed by atoms with van der Waals surface area (Å²) in [5.41, 5.74) is 0.603. The van der Waals surface area contributed by atoms with E-state index in [9.17, 15) is 18.3 Å². The number of carbonyl (C=O) groups is 1. The minimum absolute atomic E-state index is 0.109. The number of benzene rings is 2. The van der Waals surface area contributed by atoms with Crippen molar-refractivity contribution in [1.29, 1.82) is 0 Å². The van der Waals surface area contributed by atoms with Gasteiger partial charge >= 0.3 is 5.97 Å². The largest absolute Gasteiger partial charge is 0.507 e. The molecule has 2 aromatic rings. The second-order valence-corrected chi connectivity index (χ2v) is 7.08. The average molecular weight is 336 g/mol. The van der Waals surface area contributed by atoms with Crippen LogP contribution in [0.4, 0.5) is 0 Å². The lowest BCUT2D eigenvalue weighted by Gasteiger charge is -2.09. The molecular weight excluding hydrogens is 320 g/mol. The Morgan fingerprint density at radius 2 is 1.91 bits per heavy atom. The van der Waals surface area contributed by atoms with Crippen LogP contribution < -0.4 is 4.74 Å². The van der Waals surface area contributed by atoms with E-state index in [0.717, 1.165) is 11.6 Å². The van der Waals surface area contributed by atoms with Crippen LogP contribution in [0.15, 0.2) is 47.4 Å². The molecule has 0 aliphatic carbocycles. The number of rotatable bonds is 6. The van der Waals surface area contributed by atoms with Gasteiger partial charge in [0.25, 0.3) is 0 Å². The number of carboxylic acids is 1. The van der Waals surface area contributed by atoms with Crippen LogP contribution >= 0.6 is 0 Å². The standard InChI is InChI=1S/C16H16O6S/c1-11-3-2-4-13(9-11)23(20,21)8-7-22-12-5-6-14(16(18)19)15(17)10-12/h2-6,9-10,17H,7-8H2,1H3,(H,18,19). The molecule has 0 bridgehead atoms. The van der Waals surface area contributed by atoms with Crippen molar-refractivity contribution < 1.29 is 28.2 Å². The van der Waals surface area contributed by atoms with Crippen molar-refractivity contribution in [2.45, 2.75) is 11.8 Å². The Hall–Kier alpha value is -2.54. The Bertz CT molecular complexity index is 826. The molecule has 2 N–H and O–H groups in total. The molecule has 7 heteroatoms. The molecule has 0 saturated heterocycles. The molecule has 0 unspecified atom stereocenters.